The molecule has 0 spiro atoms. The first-order valence-corrected chi connectivity index (χ1v) is 4.17. The number of nitrogens with zero attached hydrogens (tertiary/aromatic N) is 1. The van der Waals surface area contributed by atoms with Gasteiger partial charge in [-0.25, -0.2) is 0 Å². The molecular weight excluding hydrogens is 205 g/mol. The van der Waals surface area contributed by atoms with E-state index in [1.807, 2.05) is 0 Å². The number of nitrogens with two attached hydrogens (primary N) is 2. The molecule has 0 aromatic carbocycles. The molecule has 0 unspecified atom stereocenters. The van der Waals surface area contributed by atoms with E-state index in [2.05, 4.69) is 4.99 Å². The number of thioether (sulfide) groups is 1. The fraction of sp³-hybridized carbons (Fsp3) is 0.600. The largest absolute Gasteiger partial charge is 0.389 e. The predicted molar refractivity (Wildman–Crippen MR) is 46.7 cm³/mol. The molecule has 0 saturated heterocycles. The summed E-state index contributed by atoms with van der Waals surface area (Å²) in [6.45, 7) is 0. The van der Waals surface area contributed by atoms with E-state index in [-0.39, 0.29) is 16.9 Å². The summed E-state index contributed by atoms with van der Waals surface area (Å²) in [6.07, 6.45) is -5.16. The van der Waals surface area contributed by atoms with Gasteiger partial charge in [0.15, 0.2) is 11.1 Å². The lowest BCUT2D eigenvalue weighted by Gasteiger charge is -2.04. The van der Waals surface area contributed by atoms with E-state index >= 15 is 0 Å². The maximum Gasteiger partial charge on any atom is 0.389 e. The van der Waals surface area contributed by atoms with Crippen molar-refractivity contribution in [1.29, 1.82) is 5.41 Å². The van der Waals surface area contributed by atoms with Gasteiger partial charge in [0.2, 0.25) is 0 Å². The Balaban J connectivity index is 3.67. The molecule has 8 heteroatoms. The molecule has 0 saturated carbocycles. The lowest BCUT2D eigenvalue weighted by molar-refractivity contribution is -0.129. The van der Waals surface area contributed by atoms with Gasteiger partial charge in [-0.2, -0.15) is 18.2 Å². The van der Waals surface area contributed by atoms with Gasteiger partial charge in [-0.3, -0.25) is 5.41 Å². The number of halogens is 3. The Labute approximate surface area is 77.1 Å². The Morgan fingerprint density at radius 1 is 1.38 bits per heavy atom. The minimum absolute atomic E-state index is 0.251. The summed E-state index contributed by atoms with van der Waals surface area (Å²) in [5.41, 5.74) is 9.80. The maximum atomic E-state index is 11.6. The molecule has 0 aliphatic rings. The number of hydrogen-bond acceptors (Lipinski definition) is 2. The third-order valence-electron chi connectivity index (χ3n) is 0.855. The summed E-state index contributed by atoms with van der Waals surface area (Å²) in [5, 5.41) is 6.66. The third-order valence-corrected chi connectivity index (χ3v) is 1.63. The van der Waals surface area contributed by atoms with Gasteiger partial charge in [-0.15, -0.1) is 0 Å². The minimum atomic E-state index is -4.20. The van der Waals surface area contributed by atoms with E-state index in [4.69, 9.17) is 16.9 Å². The second-order valence-corrected chi connectivity index (χ2v) is 3.14. The number of alkyl halides is 3. The van der Waals surface area contributed by atoms with Crippen molar-refractivity contribution in [2.24, 2.45) is 16.5 Å². The highest BCUT2D eigenvalue weighted by Gasteiger charge is 2.26. The highest BCUT2D eigenvalue weighted by molar-refractivity contribution is 8.13. The van der Waals surface area contributed by atoms with Gasteiger partial charge in [0.25, 0.3) is 0 Å². The Hall–Kier alpha value is -0.920. The van der Waals surface area contributed by atoms with E-state index < -0.39 is 12.6 Å². The molecule has 0 rings (SSSR count). The summed E-state index contributed by atoms with van der Waals surface area (Å²) in [4.78, 5) is 3.25. The van der Waals surface area contributed by atoms with Crippen molar-refractivity contribution in [2.45, 2.75) is 12.6 Å². The van der Waals surface area contributed by atoms with Crippen LogP contribution in [0, 0.1) is 5.41 Å². The SMILES string of the molecule is N=C(N=C(N)N)SCCC(F)(F)F. The van der Waals surface area contributed by atoms with Crippen molar-refractivity contribution < 1.29 is 13.2 Å². The molecule has 76 valence electrons. The van der Waals surface area contributed by atoms with Gasteiger partial charge < -0.3 is 11.5 Å². The number of hydrogen-bond donors (Lipinski definition) is 3. The van der Waals surface area contributed by atoms with Crippen LogP contribution in [0.5, 0.6) is 0 Å². The van der Waals surface area contributed by atoms with Crippen molar-refractivity contribution in [3.05, 3.63) is 0 Å². The van der Waals surface area contributed by atoms with Gasteiger partial charge in [-0.1, -0.05) is 11.8 Å². The van der Waals surface area contributed by atoms with Gasteiger partial charge in [0.05, 0.1) is 6.42 Å². The molecule has 0 aromatic rings. The molecule has 0 amide bonds. The Bertz CT molecular complexity index is 208. The van der Waals surface area contributed by atoms with Gasteiger partial charge >= 0.3 is 6.18 Å². The normalized spacial score (nSPS) is 11.0. The zero-order valence-electron chi connectivity index (χ0n) is 6.56. The number of aliphatic imine (C=N–C) groups is 1. The number of amidine groups is 1. The molecule has 0 bridgehead atoms. The van der Waals surface area contributed by atoms with Crippen molar-refractivity contribution in [3.8, 4) is 0 Å². The van der Waals surface area contributed by atoms with E-state index in [0.29, 0.717) is 11.8 Å². The highest BCUT2D eigenvalue weighted by Crippen LogP contribution is 2.22. The molecule has 0 heterocycles. The average Bonchev–Trinajstić information content (AvgIpc) is 1.81. The van der Waals surface area contributed by atoms with E-state index in [1.165, 1.54) is 0 Å². The quantitative estimate of drug-likeness (QED) is 0.471. The molecule has 0 fully saturated rings. The Kier molecular flexibility index (Phi) is 4.60. The Morgan fingerprint density at radius 2 is 1.92 bits per heavy atom. The lowest BCUT2D eigenvalue weighted by atomic mass is 10.5. The molecule has 4 nitrogen and oxygen atoms in total. The van der Waals surface area contributed by atoms with Crippen molar-refractivity contribution in [2.75, 3.05) is 5.75 Å². The number of rotatable bonds is 2. The van der Waals surface area contributed by atoms with Crippen molar-refractivity contribution >= 4 is 22.9 Å². The fourth-order valence-electron chi connectivity index (χ4n) is 0.413. The van der Waals surface area contributed by atoms with Crippen LogP contribution in [0.4, 0.5) is 13.2 Å². The summed E-state index contributed by atoms with van der Waals surface area (Å²) in [6, 6.07) is 0. The second kappa shape index (κ2) is 4.95. The Morgan fingerprint density at radius 3 is 2.31 bits per heavy atom. The maximum absolute atomic E-state index is 11.6. The zero-order chi connectivity index (χ0) is 10.5. The van der Waals surface area contributed by atoms with E-state index in [0.717, 1.165) is 0 Å². The average molecular weight is 214 g/mol. The van der Waals surface area contributed by atoms with Crippen LogP contribution in [-0.2, 0) is 0 Å². The second-order valence-electron chi connectivity index (χ2n) is 2.06. The molecule has 0 aromatic heterocycles. The van der Waals surface area contributed by atoms with Crippen LogP contribution in [0.15, 0.2) is 4.99 Å². The highest BCUT2D eigenvalue weighted by atomic mass is 32.2. The van der Waals surface area contributed by atoms with Gasteiger partial charge in [0.1, 0.15) is 0 Å². The molecule has 0 radical (unpaired) electrons. The molecule has 13 heavy (non-hydrogen) atoms. The topological polar surface area (TPSA) is 88.2 Å². The predicted octanol–water partition coefficient (Wildman–Crippen LogP) is 0.880. The van der Waals surface area contributed by atoms with Crippen LogP contribution < -0.4 is 11.5 Å². The molecule has 0 aliphatic carbocycles. The van der Waals surface area contributed by atoms with Gasteiger partial charge in [-0.05, 0) is 0 Å². The fourth-order valence-corrected chi connectivity index (χ4v) is 1.11. The summed E-state index contributed by atoms with van der Waals surface area (Å²) in [5.74, 6) is -0.580. The van der Waals surface area contributed by atoms with Crippen molar-refractivity contribution in [3.63, 3.8) is 0 Å². The molecule has 5 N–H and O–H groups in total. The lowest BCUT2D eigenvalue weighted by Crippen LogP contribution is -2.23. The van der Waals surface area contributed by atoms with Crippen LogP contribution >= 0.6 is 11.8 Å². The van der Waals surface area contributed by atoms with Crippen LogP contribution in [0.2, 0.25) is 0 Å². The van der Waals surface area contributed by atoms with Gasteiger partial charge in [0, 0.05) is 5.75 Å². The number of nitrogens with one attached hydrogen (secondary N) is 1. The van der Waals surface area contributed by atoms with E-state index in [1.54, 1.807) is 0 Å². The first-order valence-electron chi connectivity index (χ1n) is 3.19. The standard InChI is InChI=1S/C5H9F3N4S/c6-5(7,8)1-2-13-4(11)12-3(9)10/h1-2H2,(H5,9,10,11,12). The van der Waals surface area contributed by atoms with Crippen molar-refractivity contribution in [1.82, 2.24) is 0 Å². The van der Waals surface area contributed by atoms with E-state index in [9.17, 15) is 13.2 Å². The summed E-state index contributed by atoms with van der Waals surface area (Å²) >= 11 is 0.647. The first kappa shape index (κ1) is 12.1. The summed E-state index contributed by atoms with van der Waals surface area (Å²) in [7, 11) is 0. The molecular formula is C5H9F3N4S. The van der Waals surface area contributed by atoms with Crippen LogP contribution in [0.3, 0.4) is 0 Å². The number of guanidine groups is 1. The smallest absolute Gasteiger partial charge is 0.370 e. The third kappa shape index (κ3) is 8.99. The monoisotopic (exact) mass is 214 g/mol. The minimum Gasteiger partial charge on any atom is -0.370 e. The van der Waals surface area contributed by atoms with Crippen LogP contribution in [0.25, 0.3) is 0 Å². The van der Waals surface area contributed by atoms with Crippen LogP contribution in [-0.4, -0.2) is 23.1 Å². The van der Waals surface area contributed by atoms with Crippen LogP contribution in [0.1, 0.15) is 6.42 Å². The molecule has 0 atom stereocenters. The zero-order valence-corrected chi connectivity index (χ0v) is 7.37. The molecule has 0 aliphatic heterocycles. The summed E-state index contributed by atoms with van der Waals surface area (Å²) < 4.78 is 34.8. The first-order chi connectivity index (χ1) is 5.81.